The first-order valence-corrected chi connectivity index (χ1v) is 6.85. The quantitative estimate of drug-likeness (QED) is 0.889. The summed E-state index contributed by atoms with van der Waals surface area (Å²) in [4.78, 5) is 16.4. The lowest BCUT2D eigenvalue weighted by Gasteiger charge is -2.24. The molecule has 1 amide bonds. The van der Waals surface area contributed by atoms with Crippen molar-refractivity contribution in [3.8, 4) is 5.82 Å². The average molecular weight is 287 g/mol. The zero-order chi connectivity index (χ0) is 15.6. The molecule has 0 saturated carbocycles. The SMILES string of the molecule is Cc1cc(C)n(-c2ccc(C(=O)NC(C)(C)CN)cn2)n1. The highest BCUT2D eigenvalue weighted by Gasteiger charge is 2.19. The van der Waals surface area contributed by atoms with E-state index in [1.165, 1.54) is 0 Å². The molecule has 0 aliphatic heterocycles. The molecule has 2 heterocycles. The first kappa shape index (κ1) is 15.2. The Hall–Kier alpha value is -2.21. The van der Waals surface area contributed by atoms with Crippen molar-refractivity contribution in [2.75, 3.05) is 6.54 Å². The minimum atomic E-state index is -0.439. The molecule has 0 aliphatic carbocycles. The molecule has 6 nitrogen and oxygen atoms in total. The summed E-state index contributed by atoms with van der Waals surface area (Å²) in [6.45, 7) is 8.02. The van der Waals surface area contributed by atoms with Gasteiger partial charge in [-0.1, -0.05) is 0 Å². The van der Waals surface area contributed by atoms with Crippen LogP contribution < -0.4 is 11.1 Å². The van der Waals surface area contributed by atoms with Crippen molar-refractivity contribution in [2.45, 2.75) is 33.2 Å². The van der Waals surface area contributed by atoms with Crippen LogP contribution in [0.25, 0.3) is 5.82 Å². The number of hydrogen-bond donors (Lipinski definition) is 2. The number of amides is 1. The van der Waals surface area contributed by atoms with Crippen molar-refractivity contribution in [3.63, 3.8) is 0 Å². The largest absolute Gasteiger partial charge is 0.346 e. The third-order valence-corrected chi connectivity index (χ3v) is 3.20. The molecule has 2 aromatic rings. The van der Waals surface area contributed by atoms with Crippen LogP contribution in [0.1, 0.15) is 35.6 Å². The maximum atomic E-state index is 12.1. The highest BCUT2D eigenvalue weighted by Crippen LogP contribution is 2.11. The predicted octanol–water partition coefficient (Wildman–Crippen LogP) is 1.35. The highest BCUT2D eigenvalue weighted by molar-refractivity contribution is 5.94. The number of nitrogens with two attached hydrogens (primary N) is 1. The number of carbonyl (C=O) groups excluding carboxylic acids is 1. The molecule has 0 radical (unpaired) electrons. The summed E-state index contributed by atoms with van der Waals surface area (Å²) in [5, 5.41) is 7.24. The maximum Gasteiger partial charge on any atom is 0.253 e. The van der Waals surface area contributed by atoms with Crippen LogP contribution in [0.15, 0.2) is 24.4 Å². The molecule has 0 fully saturated rings. The number of aryl methyl sites for hydroxylation is 2. The molecule has 112 valence electrons. The molecule has 6 heteroatoms. The Morgan fingerprint density at radius 2 is 2.10 bits per heavy atom. The molecule has 2 aromatic heterocycles. The van der Waals surface area contributed by atoms with Gasteiger partial charge in [-0.05, 0) is 45.9 Å². The van der Waals surface area contributed by atoms with Gasteiger partial charge >= 0.3 is 0 Å². The van der Waals surface area contributed by atoms with Gasteiger partial charge in [0.05, 0.1) is 11.3 Å². The fourth-order valence-corrected chi connectivity index (χ4v) is 1.94. The van der Waals surface area contributed by atoms with Crippen molar-refractivity contribution in [2.24, 2.45) is 5.73 Å². The number of rotatable bonds is 4. The van der Waals surface area contributed by atoms with Gasteiger partial charge in [0.25, 0.3) is 5.91 Å². The monoisotopic (exact) mass is 287 g/mol. The van der Waals surface area contributed by atoms with Gasteiger partial charge in [-0.25, -0.2) is 9.67 Å². The highest BCUT2D eigenvalue weighted by atomic mass is 16.1. The van der Waals surface area contributed by atoms with Crippen molar-refractivity contribution in [1.29, 1.82) is 0 Å². The van der Waals surface area contributed by atoms with Crippen molar-refractivity contribution in [1.82, 2.24) is 20.1 Å². The topological polar surface area (TPSA) is 85.8 Å². The summed E-state index contributed by atoms with van der Waals surface area (Å²) in [6.07, 6.45) is 1.55. The Bertz CT molecular complexity index is 643. The Labute approximate surface area is 124 Å². The summed E-state index contributed by atoms with van der Waals surface area (Å²) in [5.74, 6) is 0.508. The fourth-order valence-electron chi connectivity index (χ4n) is 1.94. The molecule has 0 bridgehead atoms. The molecular formula is C15H21N5O. The van der Waals surface area contributed by atoms with Crippen LogP contribution in [0.2, 0.25) is 0 Å². The Morgan fingerprint density at radius 3 is 2.57 bits per heavy atom. The summed E-state index contributed by atoms with van der Waals surface area (Å²) in [5.41, 5.74) is 7.61. The van der Waals surface area contributed by atoms with E-state index in [2.05, 4.69) is 15.4 Å². The first-order chi connectivity index (χ1) is 9.82. The second-order valence-electron chi connectivity index (χ2n) is 5.79. The molecule has 0 atom stereocenters. The number of aromatic nitrogens is 3. The lowest BCUT2D eigenvalue weighted by molar-refractivity contribution is 0.0915. The molecule has 0 aromatic carbocycles. The van der Waals surface area contributed by atoms with E-state index in [4.69, 9.17) is 5.73 Å². The lowest BCUT2D eigenvalue weighted by Crippen LogP contribution is -2.48. The van der Waals surface area contributed by atoms with E-state index in [1.54, 1.807) is 23.0 Å². The van der Waals surface area contributed by atoms with E-state index < -0.39 is 5.54 Å². The van der Waals surface area contributed by atoms with Crippen LogP contribution in [0.5, 0.6) is 0 Å². The van der Waals surface area contributed by atoms with Gasteiger partial charge in [-0.3, -0.25) is 4.79 Å². The number of pyridine rings is 1. The number of hydrogen-bond acceptors (Lipinski definition) is 4. The molecule has 21 heavy (non-hydrogen) atoms. The van der Waals surface area contributed by atoms with E-state index in [0.29, 0.717) is 17.9 Å². The molecule has 2 rings (SSSR count). The second kappa shape index (κ2) is 5.65. The maximum absolute atomic E-state index is 12.1. The van der Waals surface area contributed by atoms with E-state index in [0.717, 1.165) is 11.4 Å². The Kier molecular flexibility index (Phi) is 4.09. The fraction of sp³-hybridized carbons (Fsp3) is 0.400. The second-order valence-corrected chi connectivity index (χ2v) is 5.79. The van der Waals surface area contributed by atoms with Gasteiger partial charge in [0.15, 0.2) is 5.82 Å². The normalized spacial score (nSPS) is 11.5. The number of carbonyl (C=O) groups is 1. The minimum Gasteiger partial charge on any atom is -0.346 e. The number of nitrogens with one attached hydrogen (secondary N) is 1. The third-order valence-electron chi connectivity index (χ3n) is 3.20. The molecular weight excluding hydrogens is 266 g/mol. The Balaban J connectivity index is 2.19. The minimum absolute atomic E-state index is 0.183. The Morgan fingerprint density at radius 1 is 1.38 bits per heavy atom. The zero-order valence-electron chi connectivity index (χ0n) is 12.8. The summed E-state index contributed by atoms with van der Waals surface area (Å²) >= 11 is 0. The van der Waals surface area contributed by atoms with E-state index in [1.807, 2.05) is 33.8 Å². The van der Waals surface area contributed by atoms with Crippen molar-refractivity contribution >= 4 is 5.91 Å². The van der Waals surface area contributed by atoms with Gasteiger partial charge in [-0.2, -0.15) is 5.10 Å². The van der Waals surface area contributed by atoms with Gasteiger partial charge in [0.1, 0.15) is 0 Å². The van der Waals surface area contributed by atoms with Gasteiger partial charge in [0, 0.05) is 24.0 Å². The average Bonchev–Trinajstić information content (AvgIpc) is 2.77. The summed E-state index contributed by atoms with van der Waals surface area (Å²) < 4.78 is 1.75. The summed E-state index contributed by atoms with van der Waals surface area (Å²) in [7, 11) is 0. The van der Waals surface area contributed by atoms with Gasteiger partial charge in [0.2, 0.25) is 0 Å². The summed E-state index contributed by atoms with van der Waals surface area (Å²) in [6, 6.07) is 5.50. The van der Waals surface area contributed by atoms with Gasteiger partial charge < -0.3 is 11.1 Å². The van der Waals surface area contributed by atoms with Crippen LogP contribution in [0.3, 0.4) is 0 Å². The van der Waals surface area contributed by atoms with E-state index >= 15 is 0 Å². The van der Waals surface area contributed by atoms with Crippen LogP contribution in [-0.4, -0.2) is 32.8 Å². The van der Waals surface area contributed by atoms with E-state index in [9.17, 15) is 4.79 Å². The molecule has 3 N–H and O–H groups in total. The van der Waals surface area contributed by atoms with Crippen LogP contribution in [-0.2, 0) is 0 Å². The van der Waals surface area contributed by atoms with Crippen LogP contribution in [0, 0.1) is 13.8 Å². The van der Waals surface area contributed by atoms with Gasteiger partial charge in [-0.15, -0.1) is 0 Å². The lowest BCUT2D eigenvalue weighted by atomic mass is 10.1. The standard InChI is InChI=1S/C15H21N5O/c1-10-7-11(2)20(19-10)13-6-5-12(8-17-13)14(21)18-15(3,4)9-16/h5-8H,9,16H2,1-4H3,(H,18,21). The number of nitrogens with zero attached hydrogens (tertiary/aromatic N) is 3. The molecule has 0 aliphatic rings. The van der Waals surface area contributed by atoms with E-state index in [-0.39, 0.29) is 5.91 Å². The van der Waals surface area contributed by atoms with Crippen molar-refractivity contribution < 1.29 is 4.79 Å². The molecule has 0 saturated heterocycles. The first-order valence-electron chi connectivity index (χ1n) is 6.85. The smallest absolute Gasteiger partial charge is 0.253 e. The zero-order valence-corrected chi connectivity index (χ0v) is 12.8. The van der Waals surface area contributed by atoms with Crippen LogP contribution >= 0.6 is 0 Å². The molecule has 0 spiro atoms. The third kappa shape index (κ3) is 3.46. The van der Waals surface area contributed by atoms with Crippen LogP contribution in [0.4, 0.5) is 0 Å². The van der Waals surface area contributed by atoms with Crippen molar-refractivity contribution in [3.05, 3.63) is 41.3 Å². The predicted molar refractivity (Wildman–Crippen MR) is 81.4 cm³/mol. The molecule has 0 unspecified atom stereocenters.